The van der Waals surface area contributed by atoms with Gasteiger partial charge in [0.25, 0.3) is 0 Å². The molecule has 1 fully saturated rings. The number of nitrogens with one attached hydrogen (secondary N) is 2. The Morgan fingerprint density at radius 3 is 2.77 bits per heavy atom. The van der Waals surface area contributed by atoms with Crippen molar-refractivity contribution < 1.29 is 14.3 Å². The molecule has 26 heavy (non-hydrogen) atoms. The first-order chi connectivity index (χ1) is 12.7. The first kappa shape index (κ1) is 16.9. The molecule has 3 heterocycles. The Kier molecular flexibility index (Phi) is 4.79. The summed E-state index contributed by atoms with van der Waals surface area (Å²) < 4.78 is 5.25. The summed E-state index contributed by atoms with van der Waals surface area (Å²) in [6.07, 6.45) is 1.18. The van der Waals surface area contributed by atoms with Crippen LogP contribution in [0.3, 0.4) is 0 Å². The number of ether oxygens (including phenoxy) is 1. The Hall–Kier alpha value is -2.54. The number of benzene rings is 1. The number of urea groups is 1. The van der Waals surface area contributed by atoms with E-state index in [4.69, 9.17) is 4.74 Å². The van der Waals surface area contributed by atoms with Crippen molar-refractivity contribution in [3.8, 4) is 0 Å². The van der Waals surface area contributed by atoms with Crippen molar-refractivity contribution >= 4 is 22.8 Å². The molecule has 7 nitrogen and oxygen atoms in total. The quantitative estimate of drug-likeness (QED) is 0.875. The summed E-state index contributed by atoms with van der Waals surface area (Å²) in [6.45, 7) is 4.11. The molecule has 3 amide bonds. The van der Waals surface area contributed by atoms with Gasteiger partial charge in [-0.1, -0.05) is 18.2 Å². The Morgan fingerprint density at radius 1 is 1.12 bits per heavy atom. The van der Waals surface area contributed by atoms with Crippen LogP contribution in [0.15, 0.2) is 24.3 Å². The van der Waals surface area contributed by atoms with Crippen LogP contribution in [0.2, 0.25) is 0 Å². The number of fused-ring (bicyclic) bond motifs is 3. The Morgan fingerprint density at radius 2 is 1.92 bits per heavy atom. The SMILES string of the molecule is O=C(CCNC(=O)N1CCc2c([nH]c3ccccc23)C1)N1CCOCC1. The van der Waals surface area contributed by atoms with E-state index in [1.54, 1.807) is 9.80 Å². The second kappa shape index (κ2) is 7.37. The second-order valence-corrected chi connectivity index (χ2v) is 6.77. The number of morpholine rings is 1. The number of aromatic amines is 1. The molecule has 7 heteroatoms. The third-order valence-electron chi connectivity index (χ3n) is 5.15. The Balaban J connectivity index is 1.29. The lowest BCUT2D eigenvalue weighted by molar-refractivity contribution is -0.135. The normalized spacial score (nSPS) is 17.2. The maximum absolute atomic E-state index is 12.4. The van der Waals surface area contributed by atoms with Gasteiger partial charge in [-0.15, -0.1) is 0 Å². The Labute approximate surface area is 152 Å². The molecule has 0 aliphatic carbocycles. The molecule has 1 aromatic carbocycles. The Bertz CT molecular complexity index is 810. The van der Waals surface area contributed by atoms with Crippen molar-refractivity contribution in [2.45, 2.75) is 19.4 Å². The van der Waals surface area contributed by atoms with Crippen LogP contribution in [-0.4, -0.2) is 66.1 Å². The van der Waals surface area contributed by atoms with E-state index in [-0.39, 0.29) is 11.9 Å². The summed E-state index contributed by atoms with van der Waals surface area (Å²) in [4.78, 5) is 31.6. The molecule has 2 N–H and O–H groups in total. The van der Waals surface area contributed by atoms with Gasteiger partial charge >= 0.3 is 6.03 Å². The molecule has 2 aromatic rings. The first-order valence-corrected chi connectivity index (χ1v) is 9.19. The molecule has 1 saturated heterocycles. The van der Waals surface area contributed by atoms with Gasteiger partial charge in [0.05, 0.1) is 19.8 Å². The molecule has 0 atom stereocenters. The van der Waals surface area contributed by atoms with Crippen molar-refractivity contribution in [3.05, 3.63) is 35.5 Å². The number of nitrogens with zero attached hydrogens (tertiary/aromatic N) is 2. The lowest BCUT2D eigenvalue weighted by Gasteiger charge is -2.28. The van der Waals surface area contributed by atoms with Gasteiger partial charge in [-0.25, -0.2) is 4.79 Å². The van der Waals surface area contributed by atoms with E-state index in [9.17, 15) is 9.59 Å². The van der Waals surface area contributed by atoms with Gasteiger partial charge < -0.3 is 24.8 Å². The topological polar surface area (TPSA) is 77.7 Å². The number of amides is 3. The minimum absolute atomic E-state index is 0.0742. The number of H-pyrrole nitrogens is 1. The van der Waals surface area contributed by atoms with Crippen LogP contribution in [0, 0.1) is 0 Å². The van der Waals surface area contributed by atoms with Gasteiger partial charge in [0.1, 0.15) is 0 Å². The fourth-order valence-corrected chi connectivity index (χ4v) is 3.73. The van der Waals surface area contributed by atoms with E-state index in [0.29, 0.717) is 52.4 Å². The van der Waals surface area contributed by atoms with Gasteiger partial charge in [-0.3, -0.25) is 4.79 Å². The smallest absolute Gasteiger partial charge is 0.317 e. The lowest BCUT2D eigenvalue weighted by atomic mass is 10.0. The van der Waals surface area contributed by atoms with Gasteiger partial charge in [0.15, 0.2) is 0 Å². The average molecular weight is 356 g/mol. The van der Waals surface area contributed by atoms with Crippen LogP contribution in [0.25, 0.3) is 10.9 Å². The molecular formula is C19H24N4O3. The fraction of sp³-hybridized carbons (Fsp3) is 0.474. The molecule has 0 unspecified atom stereocenters. The highest BCUT2D eigenvalue weighted by Gasteiger charge is 2.24. The van der Waals surface area contributed by atoms with Crippen LogP contribution in [-0.2, 0) is 22.5 Å². The summed E-state index contributed by atoms with van der Waals surface area (Å²) in [7, 11) is 0. The van der Waals surface area contributed by atoms with E-state index < -0.39 is 0 Å². The molecule has 4 rings (SSSR count). The van der Waals surface area contributed by atoms with E-state index in [1.165, 1.54) is 10.9 Å². The van der Waals surface area contributed by atoms with Gasteiger partial charge in [-0.2, -0.15) is 0 Å². The third-order valence-corrected chi connectivity index (χ3v) is 5.15. The largest absolute Gasteiger partial charge is 0.378 e. The van der Waals surface area contributed by atoms with Crippen molar-refractivity contribution in [3.63, 3.8) is 0 Å². The second-order valence-electron chi connectivity index (χ2n) is 6.77. The van der Waals surface area contributed by atoms with E-state index >= 15 is 0 Å². The van der Waals surface area contributed by atoms with Crippen LogP contribution in [0.5, 0.6) is 0 Å². The number of hydrogen-bond donors (Lipinski definition) is 2. The number of hydrogen-bond acceptors (Lipinski definition) is 3. The van der Waals surface area contributed by atoms with Crippen molar-refractivity contribution in [2.24, 2.45) is 0 Å². The highest BCUT2D eigenvalue weighted by atomic mass is 16.5. The number of carbonyl (C=O) groups excluding carboxylic acids is 2. The van der Waals surface area contributed by atoms with Crippen molar-refractivity contribution in [2.75, 3.05) is 39.4 Å². The summed E-state index contributed by atoms with van der Waals surface area (Å²) >= 11 is 0. The van der Waals surface area contributed by atoms with Crippen LogP contribution in [0.1, 0.15) is 17.7 Å². The van der Waals surface area contributed by atoms with E-state index in [1.807, 2.05) is 12.1 Å². The number of carbonyl (C=O) groups is 2. The van der Waals surface area contributed by atoms with Gasteiger partial charge in [-0.05, 0) is 18.1 Å². The summed E-state index contributed by atoms with van der Waals surface area (Å²) in [5.41, 5.74) is 3.54. The highest BCUT2D eigenvalue weighted by Crippen LogP contribution is 2.27. The van der Waals surface area contributed by atoms with E-state index in [2.05, 4.69) is 22.4 Å². The fourth-order valence-electron chi connectivity index (χ4n) is 3.73. The zero-order chi connectivity index (χ0) is 17.9. The number of para-hydroxylation sites is 1. The van der Waals surface area contributed by atoms with Crippen molar-refractivity contribution in [1.82, 2.24) is 20.1 Å². The maximum atomic E-state index is 12.4. The summed E-state index contributed by atoms with van der Waals surface area (Å²) in [6, 6.07) is 8.14. The third kappa shape index (κ3) is 3.39. The minimum atomic E-state index is -0.107. The predicted molar refractivity (Wildman–Crippen MR) is 97.8 cm³/mol. The molecule has 0 radical (unpaired) electrons. The maximum Gasteiger partial charge on any atom is 0.317 e. The molecular weight excluding hydrogens is 332 g/mol. The predicted octanol–water partition coefficient (Wildman–Crippen LogP) is 1.48. The molecule has 0 bridgehead atoms. The van der Waals surface area contributed by atoms with Crippen LogP contribution < -0.4 is 5.32 Å². The zero-order valence-corrected chi connectivity index (χ0v) is 14.8. The first-order valence-electron chi connectivity index (χ1n) is 9.19. The van der Waals surface area contributed by atoms with Crippen LogP contribution >= 0.6 is 0 Å². The molecule has 0 spiro atoms. The van der Waals surface area contributed by atoms with Gasteiger partial charge in [0.2, 0.25) is 5.91 Å². The monoisotopic (exact) mass is 356 g/mol. The number of rotatable bonds is 3. The number of aromatic nitrogens is 1. The summed E-state index contributed by atoms with van der Waals surface area (Å²) in [5.74, 6) is 0.0742. The standard InChI is InChI=1S/C19H24N4O3/c24-18(22-9-11-26-12-10-22)5-7-20-19(25)23-8-6-15-14-3-1-2-4-16(14)21-17(15)13-23/h1-4,21H,5-13H2,(H,20,25). The molecule has 2 aliphatic heterocycles. The summed E-state index contributed by atoms with van der Waals surface area (Å²) in [5, 5.41) is 4.13. The molecule has 2 aliphatic rings. The van der Waals surface area contributed by atoms with Crippen molar-refractivity contribution in [1.29, 1.82) is 0 Å². The molecule has 138 valence electrons. The molecule has 1 aromatic heterocycles. The molecule has 0 saturated carbocycles. The average Bonchev–Trinajstić information content (AvgIpc) is 3.06. The minimum Gasteiger partial charge on any atom is -0.378 e. The van der Waals surface area contributed by atoms with Crippen LogP contribution in [0.4, 0.5) is 4.79 Å². The van der Waals surface area contributed by atoms with E-state index in [0.717, 1.165) is 17.6 Å². The zero-order valence-electron chi connectivity index (χ0n) is 14.8. The van der Waals surface area contributed by atoms with Gasteiger partial charge in [0, 0.05) is 49.2 Å². The lowest BCUT2D eigenvalue weighted by Crippen LogP contribution is -2.45. The highest BCUT2D eigenvalue weighted by molar-refractivity contribution is 5.85.